The van der Waals surface area contributed by atoms with Gasteiger partial charge < -0.3 is 14.7 Å². The lowest BCUT2D eigenvalue weighted by Gasteiger charge is -2.58. The summed E-state index contributed by atoms with van der Waals surface area (Å²) in [5.74, 6) is 2.42. The first-order chi connectivity index (χ1) is 13.3. The van der Waals surface area contributed by atoms with E-state index in [1.807, 2.05) is 0 Å². The Morgan fingerprint density at radius 2 is 1.86 bits per heavy atom. The van der Waals surface area contributed by atoms with E-state index in [2.05, 4.69) is 38.9 Å². The highest BCUT2D eigenvalue weighted by molar-refractivity contribution is 5.25. The number of aliphatic hydroxyl groups excluding tert-OH is 1. The van der Waals surface area contributed by atoms with Gasteiger partial charge in [-0.1, -0.05) is 25.5 Å². The second-order valence-corrected chi connectivity index (χ2v) is 11.1. The quantitative estimate of drug-likeness (QED) is 0.510. The SMILES string of the molecule is CN(C)CCCCOC1C=C2CCC3C(CCC4(C)C(O)CCC34)C2(C)CC1. The zero-order valence-electron chi connectivity index (χ0n) is 18.8. The number of allylic oxidation sites excluding steroid dienone is 1. The summed E-state index contributed by atoms with van der Waals surface area (Å²) in [5.41, 5.74) is 2.30. The zero-order valence-corrected chi connectivity index (χ0v) is 18.8. The topological polar surface area (TPSA) is 32.7 Å². The predicted molar refractivity (Wildman–Crippen MR) is 115 cm³/mol. The van der Waals surface area contributed by atoms with Gasteiger partial charge >= 0.3 is 0 Å². The molecule has 0 aliphatic heterocycles. The number of unbranched alkanes of at least 4 members (excludes halogenated alkanes) is 1. The molecular weight excluding hydrogens is 346 g/mol. The van der Waals surface area contributed by atoms with Crippen molar-refractivity contribution in [3.8, 4) is 0 Å². The van der Waals surface area contributed by atoms with Gasteiger partial charge in [0.1, 0.15) is 0 Å². The molecule has 3 nitrogen and oxygen atoms in total. The van der Waals surface area contributed by atoms with Crippen molar-refractivity contribution in [1.29, 1.82) is 0 Å². The molecule has 4 rings (SSSR count). The van der Waals surface area contributed by atoms with Crippen LogP contribution in [0.25, 0.3) is 0 Å². The van der Waals surface area contributed by atoms with E-state index in [0.29, 0.717) is 11.5 Å². The first-order valence-electron chi connectivity index (χ1n) is 12.0. The minimum Gasteiger partial charge on any atom is -0.393 e. The van der Waals surface area contributed by atoms with Crippen LogP contribution >= 0.6 is 0 Å². The van der Waals surface area contributed by atoms with Gasteiger partial charge in [0, 0.05) is 6.61 Å². The Kier molecular flexibility index (Phi) is 5.99. The lowest BCUT2D eigenvalue weighted by molar-refractivity contribution is -0.0780. The summed E-state index contributed by atoms with van der Waals surface area (Å²) in [5, 5.41) is 10.6. The Hall–Kier alpha value is -0.380. The van der Waals surface area contributed by atoms with Crippen LogP contribution in [0.4, 0.5) is 0 Å². The van der Waals surface area contributed by atoms with Gasteiger partial charge in [-0.25, -0.2) is 0 Å². The van der Waals surface area contributed by atoms with Gasteiger partial charge in [-0.2, -0.15) is 0 Å². The van der Waals surface area contributed by atoms with E-state index in [1.54, 1.807) is 5.57 Å². The van der Waals surface area contributed by atoms with Crippen molar-refractivity contribution >= 4 is 0 Å². The number of nitrogens with zero attached hydrogens (tertiary/aromatic N) is 1. The van der Waals surface area contributed by atoms with Crippen LogP contribution in [0.5, 0.6) is 0 Å². The summed E-state index contributed by atoms with van der Waals surface area (Å²) < 4.78 is 6.27. The fourth-order valence-corrected chi connectivity index (χ4v) is 7.57. The fourth-order valence-electron chi connectivity index (χ4n) is 7.57. The maximum atomic E-state index is 10.6. The number of hydrogen-bond acceptors (Lipinski definition) is 3. The summed E-state index contributed by atoms with van der Waals surface area (Å²) in [7, 11) is 4.29. The third-order valence-electron chi connectivity index (χ3n) is 9.35. The minimum absolute atomic E-state index is 0.0557. The van der Waals surface area contributed by atoms with Crippen molar-refractivity contribution in [2.75, 3.05) is 27.2 Å². The summed E-state index contributed by atoms with van der Waals surface area (Å²) in [4.78, 5) is 2.25. The molecule has 0 saturated heterocycles. The summed E-state index contributed by atoms with van der Waals surface area (Å²) in [6.45, 7) is 7.02. The molecule has 0 bridgehead atoms. The Labute approximate surface area is 172 Å². The van der Waals surface area contributed by atoms with Crippen molar-refractivity contribution < 1.29 is 9.84 Å². The van der Waals surface area contributed by atoms with Crippen LogP contribution in [-0.4, -0.2) is 49.5 Å². The van der Waals surface area contributed by atoms with Crippen LogP contribution in [0.15, 0.2) is 11.6 Å². The standard InChI is InChI=1S/C25H43NO2/c1-24-13-11-19(28-16-6-5-15-26(3)4)17-18(24)7-8-20-21-9-10-23(27)25(21,2)14-12-22(20)24/h17,19-23,27H,5-16H2,1-4H3. The molecule has 7 unspecified atom stereocenters. The number of fused-ring (bicyclic) bond motifs is 5. The third kappa shape index (κ3) is 3.61. The second kappa shape index (κ2) is 8.04. The Balaban J connectivity index is 1.39. The third-order valence-corrected chi connectivity index (χ3v) is 9.35. The van der Waals surface area contributed by atoms with E-state index in [4.69, 9.17) is 4.74 Å². The second-order valence-electron chi connectivity index (χ2n) is 11.1. The van der Waals surface area contributed by atoms with Gasteiger partial charge in [-0.3, -0.25) is 0 Å². The van der Waals surface area contributed by atoms with Gasteiger partial charge in [0.2, 0.25) is 0 Å². The molecule has 0 spiro atoms. The molecule has 0 aromatic rings. The molecule has 3 saturated carbocycles. The van der Waals surface area contributed by atoms with Crippen LogP contribution < -0.4 is 0 Å². The van der Waals surface area contributed by atoms with E-state index >= 15 is 0 Å². The molecule has 4 aliphatic carbocycles. The van der Waals surface area contributed by atoms with Gasteiger partial charge in [0.05, 0.1) is 12.2 Å². The molecular formula is C25H43NO2. The highest BCUT2D eigenvalue weighted by atomic mass is 16.5. The molecule has 1 N–H and O–H groups in total. The Morgan fingerprint density at radius 1 is 1.04 bits per heavy atom. The number of ether oxygens (including phenoxy) is 1. The van der Waals surface area contributed by atoms with Crippen molar-refractivity contribution in [2.24, 2.45) is 28.6 Å². The molecule has 3 heteroatoms. The highest BCUT2D eigenvalue weighted by Gasteiger charge is 2.58. The van der Waals surface area contributed by atoms with Gasteiger partial charge in [-0.15, -0.1) is 0 Å². The summed E-state index contributed by atoms with van der Waals surface area (Å²) in [6.07, 6.45) is 15.2. The van der Waals surface area contributed by atoms with Gasteiger partial charge in [0.25, 0.3) is 0 Å². The zero-order chi connectivity index (χ0) is 19.9. The number of hydrogen-bond donors (Lipinski definition) is 1. The van der Waals surface area contributed by atoms with Crippen molar-refractivity contribution in [3.63, 3.8) is 0 Å². The summed E-state index contributed by atoms with van der Waals surface area (Å²) >= 11 is 0. The highest BCUT2D eigenvalue weighted by Crippen LogP contribution is 2.65. The molecule has 7 atom stereocenters. The molecule has 3 fully saturated rings. The smallest absolute Gasteiger partial charge is 0.0758 e. The van der Waals surface area contributed by atoms with Crippen molar-refractivity contribution in [3.05, 3.63) is 11.6 Å². The lowest BCUT2D eigenvalue weighted by Crippen LogP contribution is -2.51. The monoisotopic (exact) mass is 389 g/mol. The molecule has 4 aliphatic rings. The molecule has 0 amide bonds. The first kappa shape index (κ1) is 20.9. The largest absolute Gasteiger partial charge is 0.393 e. The van der Waals surface area contributed by atoms with Gasteiger partial charge in [-0.05, 0) is 113 Å². The Morgan fingerprint density at radius 3 is 2.64 bits per heavy atom. The minimum atomic E-state index is -0.0557. The molecule has 0 aromatic heterocycles. The predicted octanol–water partition coefficient (Wildman–Crippen LogP) is 5.04. The number of aliphatic hydroxyl groups is 1. The van der Waals surface area contributed by atoms with Crippen LogP contribution in [0.3, 0.4) is 0 Å². The van der Waals surface area contributed by atoms with E-state index in [9.17, 15) is 5.11 Å². The van der Waals surface area contributed by atoms with Crippen LogP contribution in [0, 0.1) is 28.6 Å². The molecule has 28 heavy (non-hydrogen) atoms. The van der Waals surface area contributed by atoms with Crippen LogP contribution in [-0.2, 0) is 4.74 Å². The Bertz CT molecular complexity index is 587. The fraction of sp³-hybridized carbons (Fsp3) is 0.920. The van der Waals surface area contributed by atoms with E-state index in [1.165, 1.54) is 57.8 Å². The van der Waals surface area contributed by atoms with Crippen LogP contribution in [0.1, 0.15) is 78.1 Å². The average molecular weight is 390 g/mol. The maximum absolute atomic E-state index is 10.6. The summed E-state index contributed by atoms with van der Waals surface area (Å²) in [6, 6.07) is 0. The maximum Gasteiger partial charge on any atom is 0.0758 e. The molecule has 0 radical (unpaired) electrons. The van der Waals surface area contributed by atoms with E-state index in [0.717, 1.165) is 37.3 Å². The first-order valence-corrected chi connectivity index (χ1v) is 12.0. The van der Waals surface area contributed by atoms with E-state index in [-0.39, 0.29) is 11.5 Å². The van der Waals surface area contributed by atoms with E-state index < -0.39 is 0 Å². The molecule has 0 heterocycles. The molecule has 0 aromatic carbocycles. The van der Waals surface area contributed by atoms with Crippen LogP contribution in [0.2, 0.25) is 0 Å². The van der Waals surface area contributed by atoms with Crippen molar-refractivity contribution in [1.82, 2.24) is 4.90 Å². The number of rotatable bonds is 6. The molecule has 160 valence electrons. The lowest BCUT2D eigenvalue weighted by atomic mass is 9.47. The van der Waals surface area contributed by atoms with Gasteiger partial charge in [0.15, 0.2) is 0 Å². The van der Waals surface area contributed by atoms with Crippen molar-refractivity contribution in [2.45, 2.75) is 90.3 Å². The average Bonchev–Trinajstić information content (AvgIpc) is 2.96. The normalized spacial score (nSPS) is 45.4.